The predicted octanol–water partition coefficient (Wildman–Crippen LogP) is 4.49. The summed E-state index contributed by atoms with van der Waals surface area (Å²) in [6.45, 7) is 9.97. The molecule has 0 saturated heterocycles. The van der Waals surface area contributed by atoms with Crippen LogP contribution in [0.1, 0.15) is 36.4 Å². The fourth-order valence-electron chi connectivity index (χ4n) is 3.62. The molecule has 0 amide bonds. The molecule has 0 radical (unpaired) electrons. The Labute approximate surface area is 191 Å². The zero-order chi connectivity index (χ0) is 20.1. The van der Waals surface area contributed by atoms with Crippen LogP contribution in [0.4, 0.5) is 0 Å². The van der Waals surface area contributed by atoms with E-state index in [9.17, 15) is 0 Å². The van der Waals surface area contributed by atoms with Crippen molar-refractivity contribution in [3.63, 3.8) is 0 Å². The second-order valence-corrected chi connectivity index (χ2v) is 7.36. The summed E-state index contributed by atoms with van der Waals surface area (Å²) < 4.78 is 1.96. The molecule has 3 rings (SSSR count). The van der Waals surface area contributed by atoms with Gasteiger partial charge in [-0.05, 0) is 56.0 Å². The lowest BCUT2D eigenvalue weighted by atomic mass is 10.0. The molecule has 0 saturated carbocycles. The zero-order valence-electron chi connectivity index (χ0n) is 18.0. The van der Waals surface area contributed by atoms with Crippen LogP contribution in [0.2, 0.25) is 0 Å². The molecule has 0 bridgehead atoms. The van der Waals surface area contributed by atoms with Gasteiger partial charge in [-0.3, -0.25) is 4.68 Å². The van der Waals surface area contributed by atoms with E-state index in [0.29, 0.717) is 6.54 Å². The number of fused-ring (bicyclic) bond motifs is 1. The lowest BCUT2D eigenvalue weighted by Crippen LogP contribution is -2.43. The van der Waals surface area contributed by atoms with Crippen LogP contribution in [-0.4, -0.2) is 28.3 Å². The van der Waals surface area contributed by atoms with E-state index in [4.69, 9.17) is 4.99 Å². The third kappa shape index (κ3) is 5.72. The van der Waals surface area contributed by atoms with Gasteiger partial charge in [0.15, 0.2) is 5.96 Å². The third-order valence-electron chi connectivity index (χ3n) is 5.18. The Morgan fingerprint density at radius 2 is 1.86 bits per heavy atom. The van der Waals surface area contributed by atoms with Crippen LogP contribution in [0, 0.1) is 13.8 Å². The minimum Gasteiger partial charge on any atom is -0.357 e. The number of nitrogens with one attached hydrogen (secondary N) is 2. The van der Waals surface area contributed by atoms with Crippen molar-refractivity contribution in [1.82, 2.24) is 20.4 Å². The summed E-state index contributed by atoms with van der Waals surface area (Å²) in [5.74, 6) is 0.849. The normalized spacial score (nSPS) is 12.5. The van der Waals surface area contributed by atoms with Crippen molar-refractivity contribution >= 4 is 40.7 Å². The molecule has 1 unspecified atom stereocenters. The summed E-state index contributed by atoms with van der Waals surface area (Å²) in [7, 11) is 2.00. The molecule has 5 nitrogen and oxygen atoms in total. The van der Waals surface area contributed by atoms with E-state index in [0.717, 1.165) is 24.6 Å². The first-order valence-corrected chi connectivity index (χ1v) is 10.00. The average Bonchev–Trinajstić information content (AvgIpc) is 2.92. The fraction of sp³-hybridized carbons (Fsp3) is 0.391. The molecule has 1 atom stereocenters. The van der Waals surface area contributed by atoms with Crippen LogP contribution in [-0.2, 0) is 20.0 Å². The fourth-order valence-corrected chi connectivity index (χ4v) is 3.62. The topological polar surface area (TPSA) is 54.2 Å². The highest BCUT2D eigenvalue weighted by Gasteiger charge is 2.14. The van der Waals surface area contributed by atoms with Gasteiger partial charge in [0.1, 0.15) is 0 Å². The summed E-state index contributed by atoms with van der Waals surface area (Å²) >= 11 is 0. The Kier molecular flexibility index (Phi) is 8.49. The highest BCUT2D eigenvalue weighted by atomic mass is 127. The molecule has 3 aromatic rings. The number of aromatic nitrogens is 2. The van der Waals surface area contributed by atoms with E-state index in [2.05, 4.69) is 85.9 Å². The second kappa shape index (κ2) is 10.6. The van der Waals surface area contributed by atoms with Crippen LogP contribution in [0.15, 0.2) is 47.5 Å². The third-order valence-corrected chi connectivity index (χ3v) is 5.18. The van der Waals surface area contributed by atoms with Gasteiger partial charge in [-0.2, -0.15) is 5.10 Å². The molecule has 0 aliphatic heterocycles. The SMILES string of the molecule is CCNC(=NCc1cccc2ccccc12)NC(C)Cc1c(C)nn(C)c1C.I. The molecule has 2 N–H and O–H groups in total. The highest BCUT2D eigenvalue weighted by molar-refractivity contribution is 14.0. The maximum Gasteiger partial charge on any atom is 0.191 e. The van der Waals surface area contributed by atoms with E-state index in [1.807, 2.05) is 11.7 Å². The van der Waals surface area contributed by atoms with E-state index in [1.54, 1.807) is 0 Å². The van der Waals surface area contributed by atoms with E-state index >= 15 is 0 Å². The zero-order valence-corrected chi connectivity index (χ0v) is 20.3. The van der Waals surface area contributed by atoms with Crippen LogP contribution >= 0.6 is 24.0 Å². The summed E-state index contributed by atoms with van der Waals surface area (Å²) in [6, 6.07) is 15.1. The molecular weight excluding hydrogens is 473 g/mol. The molecule has 0 aliphatic rings. The Hall–Kier alpha value is -2.09. The maximum atomic E-state index is 4.84. The van der Waals surface area contributed by atoms with E-state index in [1.165, 1.54) is 27.6 Å². The largest absolute Gasteiger partial charge is 0.357 e. The molecule has 0 spiro atoms. The number of halogens is 1. The van der Waals surface area contributed by atoms with E-state index in [-0.39, 0.29) is 30.0 Å². The van der Waals surface area contributed by atoms with Crippen molar-refractivity contribution in [3.8, 4) is 0 Å². The summed E-state index contributed by atoms with van der Waals surface area (Å²) in [4.78, 5) is 4.84. The molecule has 1 heterocycles. The number of hydrogen-bond donors (Lipinski definition) is 2. The molecule has 6 heteroatoms. The molecule has 2 aromatic carbocycles. The lowest BCUT2D eigenvalue weighted by Gasteiger charge is -2.18. The van der Waals surface area contributed by atoms with Crippen LogP contribution in [0.3, 0.4) is 0 Å². The maximum absolute atomic E-state index is 4.84. The summed E-state index contributed by atoms with van der Waals surface area (Å²) in [5.41, 5.74) is 4.88. The van der Waals surface area contributed by atoms with Crippen LogP contribution in [0.5, 0.6) is 0 Å². The Bertz CT molecular complexity index is 971. The number of rotatable bonds is 6. The number of benzene rings is 2. The predicted molar refractivity (Wildman–Crippen MR) is 133 cm³/mol. The van der Waals surface area contributed by atoms with Crippen molar-refractivity contribution in [2.45, 2.75) is 46.7 Å². The van der Waals surface area contributed by atoms with Gasteiger partial charge in [0.05, 0.1) is 12.2 Å². The summed E-state index contributed by atoms with van der Waals surface area (Å²) in [6.07, 6.45) is 0.921. The van der Waals surface area contributed by atoms with Crippen molar-refractivity contribution in [3.05, 3.63) is 65.0 Å². The van der Waals surface area contributed by atoms with Gasteiger partial charge in [0, 0.05) is 25.3 Å². The summed E-state index contributed by atoms with van der Waals surface area (Å²) in [5, 5.41) is 14.0. The van der Waals surface area contributed by atoms with Gasteiger partial charge in [0.25, 0.3) is 0 Å². The van der Waals surface area contributed by atoms with Crippen LogP contribution in [0.25, 0.3) is 10.8 Å². The highest BCUT2D eigenvalue weighted by Crippen LogP contribution is 2.19. The van der Waals surface area contributed by atoms with Gasteiger partial charge in [-0.25, -0.2) is 4.99 Å². The smallest absolute Gasteiger partial charge is 0.191 e. The molecule has 0 fully saturated rings. The first kappa shape index (κ1) is 23.2. The van der Waals surface area contributed by atoms with Crippen LogP contribution < -0.4 is 10.6 Å². The Morgan fingerprint density at radius 3 is 2.55 bits per heavy atom. The monoisotopic (exact) mass is 505 g/mol. The number of guanidine groups is 1. The minimum atomic E-state index is 0. The lowest BCUT2D eigenvalue weighted by molar-refractivity contribution is 0.636. The molecular formula is C23H32IN5. The van der Waals surface area contributed by atoms with Gasteiger partial charge < -0.3 is 10.6 Å². The van der Waals surface area contributed by atoms with Crippen molar-refractivity contribution < 1.29 is 0 Å². The number of aryl methyl sites for hydroxylation is 2. The Balaban J connectivity index is 0.00000300. The average molecular weight is 505 g/mol. The standard InChI is InChI=1S/C23H31N5.HI/c1-6-24-23(26-16(2)14-22-17(3)27-28(5)18(22)4)25-15-20-12-9-11-19-10-7-8-13-21(19)20;/h7-13,16H,6,14-15H2,1-5H3,(H2,24,25,26);1H. The molecule has 1 aromatic heterocycles. The van der Waals surface area contributed by atoms with Gasteiger partial charge in [-0.1, -0.05) is 42.5 Å². The van der Waals surface area contributed by atoms with Crippen molar-refractivity contribution in [2.24, 2.45) is 12.0 Å². The number of hydrogen-bond acceptors (Lipinski definition) is 2. The molecule has 29 heavy (non-hydrogen) atoms. The number of nitrogens with zero attached hydrogens (tertiary/aromatic N) is 3. The van der Waals surface area contributed by atoms with Gasteiger partial charge >= 0.3 is 0 Å². The van der Waals surface area contributed by atoms with Gasteiger partial charge in [0.2, 0.25) is 0 Å². The Morgan fingerprint density at radius 1 is 1.14 bits per heavy atom. The van der Waals surface area contributed by atoms with Crippen molar-refractivity contribution in [2.75, 3.05) is 6.54 Å². The van der Waals surface area contributed by atoms with Gasteiger partial charge in [-0.15, -0.1) is 24.0 Å². The quantitative estimate of drug-likeness (QED) is 0.295. The molecule has 156 valence electrons. The minimum absolute atomic E-state index is 0. The number of aliphatic imine (C=N–C) groups is 1. The van der Waals surface area contributed by atoms with E-state index < -0.39 is 0 Å². The first-order valence-electron chi connectivity index (χ1n) is 10.00. The second-order valence-electron chi connectivity index (χ2n) is 7.36. The molecule has 0 aliphatic carbocycles. The first-order chi connectivity index (χ1) is 13.5. The van der Waals surface area contributed by atoms with Crippen molar-refractivity contribution in [1.29, 1.82) is 0 Å².